The number of aromatic nitrogens is 1. The predicted octanol–water partition coefficient (Wildman–Crippen LogP) is 6.24. The standard InChI is InChI=1S/C28H27N3O5S2/c1-3-4-15-36-27(34)18-9-11-19(12-10-18)29-25(32)17-37-28-31-22-14-13-20(16-24(22)38-28)30-26(33)21-7-5-6-8-23(21)35-2/h5-14,16H,3-4,15,17H2,1-2H3,(H,29,32)(H,30,33). The largest absolute Gasteiger partial charge is 0.496 e. The highest BCUT2D eigenvalue weighted by Gasteiger charge is 2.14. The van der Waals surface area contributed by atoms with Crippen molar-refractivity contribution in [3.63, 3.8) is 0 Å². The van der Waals surface area contributed by atoms with Crippen LogP contribution in [0.5, 0.6) is 5.75 Å². The number of hydrogen-bond acceptors (Lipinski definition) is 8. The molecule has 0 aliphatic heterocycles. The summed E-state index contributed by atoms with van der Waals surface area (Å²) in [7, 11) is 1.53. The third-order valence-electron chi connectivity index (χ3n) is 5.44. The van der Waals surface area contributed by atoms with E-state index in [-0.39, 0.29) is 23.5 Å². The highest BCUT2D eigenvalue weighted by Crippen LogP contribution is 2.31. The Bertz CT molecular complexity index is 1440. The molecule has 0 radical (unpaired) electrons. The fourth-order valence-electron chi connectivity index (χ4n) is 3.48. The number of esters is 1. The number of unbranched alkanes of at least 4 members (excludes halogenated alkanes) is 1. The number of carbonyl (C=O) groups excluding carboxylic acids is 3. The van der Waals surface area contributed by atoms with E-state index >= 15 is 0 Å². The topological polar surface area (TPSA) is 107 Å². The third-order valence-corrected chi connectivity index (χ3v) is 7.60. The summed E-state index contributed by atoms with van der Waals surface area (Å²) < 4.78 is 12.1. The maximum Gasteiger partial charge on any atom is 0.338 e. The first-order valence-corrected chi connectivity index (χ1v) is 13.8. The molecule has 196 valence electrons. The minimum atomic E-state index is -0.370. The number of hydrogen-bond donors (Lipinski definition) is 2. The van der Waals surface area contributed by atoms with Gasteiger partial charge in [-0.25, -0.2) is 9.78 Å². The maximum absolute atomic E-state index is 12.7. The number of methoxy groups -OCH3 is 1. The Morgan fingerprint density at radius 2 is 1.74 bits per heavy atom. The normalized spacial score (nSPS) is 10.7. The van der Waals surface area contributed by atoms with Crippen LogP contribution in [0.25, 0.3) is 10.2 Å². The van der Waals surface area contributed by atoms with Gasteiger partial charge in [-0.3, -0.25) is 9.59 Å². The van der Waals surface area contributed by atoms with E-state index in [4.69, 9.17) is 9.47 Å². The summed E-state index contributed by atoms with van der Waals surface area (Å²) in [6, 6.07) is 19.1. The molecule has 0 bridgehead atoms. The van der Waals surface area contributed by atoms with E-state index in [0.29, 0.717) is 34.9 Å². The SMILES string of the molecule is CCCCOC(=O)c1ccc(NC(=O)CSc2nc3ccc(NC(=O)c4ccccc4OC)cc3s2)cc1. The average molecular weight is 550 g/mol. The van der Waals surface area contributed by atoms with E-state index in [0.717, 1.165) is 27.4 Å². The molecule has 2 N–H and O–H groups in total. The number of rotatable bonds is 11. The van der Waals surface area contributed by atoms with Crippen LogP contribution in [0.4, 0.5) is 11.4 Å². The lowest BCUT2D eigenvalue weighted by Crippen LogP contribution is -2.14. The van der Waals surface area contributed by atoms with Gasteiger partial charge in [-0.1, -0.05) is 37.2 Å². The molecule has 8 nitrogen and oxygen atoms in total. The van der Waals surface area contributed by atoms with Crippen LogP contribution in [-0.4, -0.2) is 42.2 Å². The zero-order valence-corrected chi connectivity index (χ0v) is 22.6. The summed E-state index contributed by atoms with van der Waals surface area (Å²) in [6.07, 6.45) is 1.78. The molecule has 2 amide bonds. The highest BCUT2D eigenvalue weighted by atomic mass is 32.2. The molecule has 0 aliphatic rings. The van der Waals surface area contributed by atoms with Crippen LogP contribution in [-0.2, 0) is 9.53 Å². The second kappa shape index (κ2) is 13.1. The van der Waals surface area contributed by atoms with Crippen molar-refractivity contribution in [2.24, 2.45) is 0 Å². The Morgan fingerprint density at radius 1 is 0.974 bits per heavy atom. The van der Waals surface area contributed by atoms with Crippen molar-refractivity contribution in [3.8, 4) is 5.75 Å². The van der Waals surface area contributed by atoms with Crippen molar-refractivity contribution < 1.29 is 23.9 Å². The molecule has 0 spiro atoms. The molecule has 1 aromatic heterocycles. The molecular formula is C28H27N3O5S2. The van der Waals surface area contributed by atoms with Crippen LogP contribution in [0.2, 0.25) is 0 Å². The van der Waals surface area contributed by atoms with Crippen molar-refractivity contribution in [2.75, 3.05) is 30.1 Å². The van der Waals surface area contributed by atoms with Gasteiger partial charge in [0.1, 0.15) is 5.75 Å². The second-order valence-corrected chi connectivity index (χ2v) is 10.5. The van der Waals surface area contributed by atoms with E-state index in [1.807, 2.05) is 25.1 Å². The average Bonchev–Trinajstić information content (AvgIpc) is 3.34. The van der Waals surface area contributed by atoms with Gasteiger partial charge in [0.15, 0.2) is 4.34 Å². The summed E-state index contributed by atoms with van der Waals surface area (Å²) in [4.78, 5) is 41.7. The van der Waals surface area contributed by atoms with Crippen LogP contribution >= 0.6 is 23.1 Å². The minimum Gasteiger partial charge on any atom is -0.496 e. The van der Waals surface area contributed by atoms with Crippen LogP contribution in [0, 0.1) is 0 Å². The molecule has 10 heteroatoms. The van der Waals surface area contributed by atoms with Gasteiger partial charge in [-0.2, -0.15) is 0 Å². The van der Waals surface area contributed by atoms with E-state index in [1.54, 1.807) is 48.5 Å². The number of carbonyl (C=O) groups is 3. The number of ether oxygens (including phenoxy) is 2. The van der Waals surface area contributed by atoms with E-state index in [9.17, 15) is 14.4 Å². The summed E-state index contributed by atoms with van der Waals surface area (Å²) in [5.74, 6) is -0.138. The molecule has 4 aromatic rings. The van der Waals surface area contributed by atoms with Gasteiger partial charge in [0.05, 0.1) is 40.8 Å². The summed E-state index contributed by atoms with van der Waals surface area (Å²) in [5.41, 5.74) is 2.92. The fraction of sp³-hybridized carbons (Fsp3) is 0.214. The molecule has 0 saturated heterocycles. The smallest absolute Gasteiger partial charge is 0.338 e. The monoisotopic (exact) mass is 549 g/mol. The Hall–Kier alpha value is -3.89. The van der Waals surface area contributed by atoms with Crippen molar-refractivity contribution in [3.05, 3.63) is 77.9 Å². The number of benzene rings is 3. The Morgan fingerprint density at radius 3 is 2.50 bits per heavy atom. The van der Waals surface area contributed by atoms with Gasteiger partial charge in [-0.05, 0) is 61.0 Å². The Kier molecular flexibility index (Phi) is 9.34. The van der Waals surface area contributed by atoms with Crippen molar-refractivity contribution in [2.45, 2.75) is 24.1 Å². The van der Waals surface area contributed by atoms with Crippen LogP contribution < -0.4 is 15.4 Å². The number of fused-ring (bicyclic) bond motifs is 1. The van der Waals surface area contributed by atoms with Gasteiger partial charge in [0.25, 0.3) is 5.91 Å². The van der Waals surface area contributed by atoms with E-state index in [1.165, 1.54) is 30.2 Å². The first-order chi connectivity index (χ1) is 18.5. The first kappa shape index (κ1) is 27.2. The molecule has 0 aliphatic carbocycles. The van der Waals surface area contributed by atoms with Crippen LogP contribution in [0.1, 0.15) is 40.5 Å². The van der Waals surface area contributed by atoms with Crippen LogP contribution in [0.3, 0.4) is 0 Å². The lowest BCUT2D eigenvalue weighted by Gasteiger charge is -2.09. The summed E-state index contributed by atoms with van der Waals surface area (Å²) >= 11 is 2.78. The quantitative estimate of drug-likeness (QED) is 0.129. The van der Waals surface area contributed by atoms with Gasteiger partial charge in [-0.15, -0.1) is 11.3 Å². The number of thioether (sulfide) groups is 1. The highest BCUT2D eigenvalue weighted by molar-refractivity contribution is 8.01. The molecule has 4 rings (SSSR count). The number of nitrogens with one attached hydrogen (secondary N) is 2. The third kappa shape index (κ3) is 7.11. The first-order valence-electron chi connectivity index (χ1n) is 12.0. The molecular weight excluding hydrogens is 522 g/mol. The van der Waals surface area contributed by atoms with Crippen molar-refractivity contribution >= 4 is 62.5 Å². The van der Waals surface area contributed by atoms with Gasteiger partial charge < -0.3 is 20.1 Å². The molecule has 3 aromatic carbocycles. The fourth-order valence-corrected chi connectivity index (χ4v) is 5.39. The second-order valence-electron chi connectivity index (χ2n) is 8.22. The van der Waals surface area contributed by atoms with Crippen molar-refractivity contribution in [1.82, 2.24) is 4.98 Å². The maximum atomic E-state index is 12.7. The van der Waals surface area contributed by atoms with Gasteiger partial charge >= 0.3 is 5.97 Å². The molecule has 0 fully saturated rings. The number of amides is 2. The molecule has 0 atom stereocenters. The minimum absolute atomic E-state index is 0.179. The van der Waals surface area contributed by atoms with Crippen molar-refractivity contribution in [1.29, 1.82) is 0 Å². The zero-order valence-electron chi connectivity index (χ0n) is 21.0. The predicted molar refractivity (Wildman–Crippen MR) is 152 cm³/mol. The van der Waals surface area contributed by atoms with E-state index in [2.05, 4.69) is 15.6 Å². The van der Waals surface area contributed by atoms with Gasteiger partial charge in [0, 0.05) is 11.4 Å². The van der Waals surface area contributed by atoms with Gasteiger partial charge in [0.2, 0.25) is 5.91 Å². The molecule has 38 heavy (non-hydrogen) atoms. The number of thiazole rings is 1. The molecule has 0 saturated carbocycles. The Labute approximate surface area is 228 Å². The summed E-state index contributed by atoms with van der Waals surface area (Å²) in [6.45, 7) is 2.43. The zero-order chi connectivity index (χ0) is 26.9. The number of para-hydroxylation sites is 1. The lowest BCUT2D eigenvalue weighted by molar-refractivity contribution is -0.113. The van der Waals surface area contributed by atoms with Crippen LogP contribution in [0.15, 0.2) is 71.1 Å². The summed E-state index contributed by atoms with van der Waals surface area (Å²) in [5, 5.41) is 5.72. The molecule has 1 heterocycles. The Balaban J connectivity index is 1.31. The van der Waals surface area contributed by atoms with E-state index < -0.39 is 0 Å². The lowest BCUT2D eigenvalue weighted by atomic mass is 10.2. The number of nitrogens with zero attached hydrogens (tertiary/aromatic N) is 1. The number of anilines is 2. The molecule has 0 unspecified atom stereocenters.